The number of aromatic nitrogens is 6. The Morgan fingerprint density at radius 2 is 1.87 bits per heavy atom. The molecule has 1 saturated heterocycles. The first kappa shape index (κ1) is 18.1. The summed E-state index contributed by atoms with van der Waals surface area (Å²) in [4.78, 5) is 28.0. The van der Waals surface area contributed by atoms with Gasteiger partial charge in [-0.15, -0.1) is 0 Å². The average Bonchev–Trinajstić information content (AvgIpc) is 3.21. The summed E-state index contributed by atoms with van der Waals surface area (Å²) in [7, 11) is 3.45. The van der Waals surface area contributed by atoms with Crippen LogP contribution >= 0.6 is 0 Å². The van der Waals surface area contributed by atoms with Gasteiger partial charge in [-0.3, -0.25) is 9.36 Å². The number of imidazole rings is 1. The van der Waals surface area contributed by atoms with E-state index in [1.807, 2.05) is 12.1 Å². The number of aryl methyl sites for hydroxylation is 1. The van der Waals surface area contributed by atoms with Gasteiger partial charge in [0.25, 0.3) is 5.56 Å². The molecule has 3 atom stereocenters. The predicted octanol–water partition coefficient (Wildman–Crippen LogP) is 1.42. The zero-order valence-corrected chi connectivity index (χ0v) is 17.2. The minimum absolute atomic E-state index is 0.178. The van der Waals surface area contributed by atoms with Gasteiger partial charge in [-0.1, -0.05) is 5.16 Å². The van der Waals surface area contributed by atoms with Crippen LogP contribution < -0.4 is 15.2 Å². The Balaban J connectivity index is 1.15. The van der Waals surface area contributed by atoms with Crippen LogP contribution in [-0.2, 0) is 13.6 Å². The molecule has 0 bridgehead atoms. The summed E-state index contributed by atoms with van der Waals surface area (Å²) < 4.78 is 13.8. The van der Waals surface area contributed by atoms with Gasteiger partial charge < -0.3 is 18.7 Å². The largest absolute Gasteiger partial charge is 0.497 e. The Morgan fingerprint density at radius 1 is 1.13 bits per heavy atom. The molecule has 1 saturated carbocycles. The van der Waals surface area contributed by atoms with Crippen LogP contribution in [0.2, 0.25) is 0 Å². The van der Waals surface area contributed by atoms with Crippen LogP contribution in [0.15, 0.2) is 46.2 Å². The van der Waals surface area contributed by atoms with Crippen molar-refractivity contribution in [1.82, 2.24) is 29.2 Å². The number of anilines is 1. The van der Waals surface area contributed by atoms with Crippen molar-refractivity contribution >= 4 is 16.9 Å². The van der Waals surface area contributed by atoms with Crippen LogP contribution in [0.3, 0.4) is 0 Å². The van der Waals surface area contributed by atoms with Crippen LogP contribution in [-0.4, -0.2) is 49.4 Å². The van der Waals surface area contributed by atoms with E-state index in [4.69, 9.17) is 9.26 Å². The third-order valence-electron chi connectivity index (χ3n) is 6.42. The number of fused-ring (bicyclic) bond motifs is 2. The van der Waals surface area contributed by atoms with Crippen molar-refractivity contribution in [2.75, 3.05) is 25.1 Å². The van der Waals surface area contributed by atoms with E-state index < -0.39 is 0 Å². The number of nitrogens with zero attached hydrogens (tertiary/aromatic N) is 7. The van der Waals surface area contributed by atoms with Crippen molar-refractivity contribution in [3.8, 4) is 5.75 Å². The lowest BCUT2D eigenvalue weighted by molar-refractivity contribution is 0.363. The molecule has 158 valence electrons. The molecule has 0 radical (unpaired) electrons. The van der Waals surface area contributed by atoms with E-state index in [0.717, 1.165) is 24.7 Å². The Labute approximate surface area is 177 Å². The van der Waals surface area contributed by atoms with Crippen LogP contribution in [0.4, 0.5) is 5.69 Å². The highest BCUT2D eigenvalue weighted by Crippen LogP contribution is 2.57. The van der Waals surface area contributed by atoms with Crippen LogP contribution in [0.5, 0.6) is 5.75 Å². The van der Waals surface area contributed by atoms with E-state index in [0.29, 0.717) is 34.8 Å². The molecule has 1 aromatic carbocycles. The van der Waals surface area contributed by atoms with Crippen molar-refractivity contribution in [2.24, 2.45) is 18.9 Å². The molecule has 0 amide bonds. The van der Waals surface area contributed by atoms with Gasteiger partial charge in [0, 0.05) is 31.7 Å². The molecular weight excluding hydrogens is 398 g/mol. The lowest BCUT2D eigenvalue weighted by Gasteiger charge is -2.21. The lowest BCUT2D eigenvalue weighted by atomic mass is 10.2. The third-order valence-corrected chi connectivity index (χ3v) is 6.42. The fourth-order valence-electron chi connectivity index (χ4n) is 4.71. The maximum absolute atomic E-state index is 12.7. The van der Waals surface area contributed by atoms with Gasteiger partial charge in [-0.05, 0) is 36.1 Å². The smallest absolute Gasteiger partial charge is 0.280 e. The van der Waals surface area contributed by atoms with Gasteiger partial charge in [0.2, 0.25) is 5.89 Å². The predicted molar refractivity (Wildman–Crippen MR) is 111 cm³/mol. The Bertz CT molecular complexity index is 1310. The summed E-state index contributed by atoms with van der Waals surface area (Å²) in [5.41, 5.74) is 1.92. The molecule has 0 unspecified atom stereocenters. The van der Waals surface area contributed by atoms with Gasteiger partial charge in [0.1, 0.15) is 18.6 Å². The average molecular weight is 419 g/mol. The molecule has 31 heavy (non-hydrogen) atoms. The second-order valence-corrected chi connectivity index (χ2v) is 8.21. The van der Waals surface area contributed by atoms with Crippen LogP contribution in [0, 0.1) is 11.8 Å². The first-order chi connectivity index (χ1) is 15.1. The minimum atomic E-state index is -0.178. The molecule has 1 aliphatic heterocycles. The highest BCUT2D eigenvalue weighted by Gasteiger charge is 2.58. The van der Waals surface area contributed by atoms with Gasteiger partial charge in [-0.2, -0.15) is 4.98 Å². The summed E-state index contributed by atoms with van der Waals surface area (Å²) in [5.74, 6) is 3.40. The molecule has 1 aliphatic carbocycles. The second-order valence-electron chi connectivity index (χ2n) is 8.21. The molecule has 10 heteroatoms. The zero-order valence-electron chi connectivity index (χ0n) is 17.2. The number of benzene rings is 1. The molecule has 4 aromatic rings. The number of piperidine rings is 1. The summed E-state index contributed by atoms with van der Waals surface area (Å²) in [6.07, 6.45) is 3.05. The van der Waals surface area contributed by atoms with Gasteiger partial charge in [0.05, 0.1) is 13.4 Å². The summed E-state index contributed by atoms with van der Waals surface area (Å²) in [6.45, 7) is 2.15. The molecule has 6 rings (SSSR count). The number of ether oxygens (including phenoxy) is 1. The van der Waals surface area contributed by atoms with Crippen molar-refractivity contribution < 1.29 is 9.26 Å². The van der Waals surface area contributed by atoms with E-state index >= 15 is 0 Å². The number of hydrogen-bond donors (Lipinski definition) is 0. The monoisotopic (exact) mass is 419 g/mol. The summed E-state index contributed by atoms with van der Waals surface area (Å²) >= 11 is 0. The molecule has 2 fully saturated rings. The topological polar surface area (TPSA) is 104 Å². The maximum atomic E-state index is 12.7. The third kappa shape index (κ3) is 2.89. The summed E-state index contributed by atoms with van der Waals surface area (Å²) in [5, 5.41) is 4.20. The van der Waals surface area contributed by atoms with Crippen LogP contribution in [0.1, 0.15) is 17.6 Å². The molecule has 0 spiro atoms. The van der Waals surface area contributed by atoms with E-state index in [-0.39, 0.29) is 12.1 Å². The molecule has 3 aromatic heterocycles. The Morgan fingerprint density at radius 3 is 2.61 bits per heavy atom. The molecule has 4 heterocycles. The van der Waals surface area contributed by atoms with E-state index in [1.165, 1.54) is 16.6 Å². The van der Waals surface area contributed by atoms with Gasteiger partial charge in [0.15, 0.2) is 17.0 Å². The number of hydrogen-bond acceptors (Lipinski definition) is 8. The minimum Gasteiger partial charge on any atom is -0.497 e. The highest BCUT2D eigenvalue weighted by molar-refractivity contribution is 5.68. The quantitative estimate of drug-likeness (QED) is 0.478. The molecule has 10 nitrogen and oxygen atoms in total. The van der Waals surface area contributed by atoms with Crippen LogP contribution in [0.25, 0.3) is 11.2 Å². The lowest BCUT2D eigenvalue weighted by Crippen LogP contribution is -2.23. The zero-order chi connectivity index (χ0) is 21.1. The fraction of sp³-hybridized carbons (Fsp3) is 0.381. The van der Waals surface area contributed by atoms with Crippen molar-refractivity contribution in [3.05, 3.63) is 59.0 Å². The highest BCUT2D eigenvalue weighted by atomic mass is 16.5. The Kier molecular flexibility index (Phi) is 3.89. The Hall–Kier alpha value is -3.69. The normalized spacial score (nSPS) is 22.1. The standard InChI is InChI=1S/C21H21N7O3/c1-26-10-22-20-18(26)21(29)28(11-23-20)9-16-24-19(25-31-16)17-14-7-27(8-15(14)17)12-3-5-13(30-2)6-4-12/h3-6,10-11,14-15,17H,7-9H2,1-2H3/t14-,15+,17+. The first-order valence-electron chi connectivity index (χ1n) is 10.2. The molecule has 0 N–H and O–H groups in total. The van der Waals surface area contributed by atoms with Crippen molar-refractivity contribution in [2.45, 2.75) is 12.5 Å². The van der Waals surface area contributed by atoms with E-state index in [1.54, 1.807) is 25.1 Å². The summed E-state index contributed by atoms with van der Waals surface area (Å²) in [6, 6.07) is 8.16. The number of methoxy groups -OCH3 is 1. The first-order valence-corrected chi connectivity index (χ1v) is 10.2. The fourth-order valence-corrected chi connectivity index (χ4v) is 4.71. The van der Waals surface area contributed by atoms with Gasteiger partial charge in [-0.25, -0.2) is 9.97 Å². The van der Waals surface area contributed by atoms with E-state index in [9.17, 15) is 4.79 Å². The molecule has 2 aliphatic rings. The van der Waals surface area contributed by atoms with Crippen molar-refractivity contribution in [1.29, 1.82) is 0 Å². The van der Waals surface area contributed by atoms with E-state index in [2.05, 4.69) is 37.1 Å². The number of rotatable bonds is 5. The maximum Gasteiger partial charge on any atom is 0.280 e. The second kappa shape index (κ2) is 6.66. The molecular formula is C21H21N7O3. The van der Waals surface area contributed by atoms with Gasteiger partial charge >= 0.3 is 0 Å². The SMILES string of the molecule is COc1ccc(N2C[C@@H]3[C@H](C2)[C@H]3c2noc(Cn3cnc4ncn(C)c4c3=O)n2)cc1. The van der Waals surface area contributed by atoms with Crippen molar-refractivity contribution in [3.63, 3.8) is 0 Å².